The Morgan fingerprint density at radius 2 is 1.81 bits per heavy atom. The zero-order chi connectivity index (χ0) is 14.9. The van der Waals surface area contributed by atoms with Gasteiger partial charge in [-0.1, -0.05) is 30.3 Å². The second-order valence-electron chi connectivity index (χ2n) is 4.63. The molecule has 0 spiro atoms. The van der Waals surface area contributed by atoms with Crippen LogP contribution in [0.1, 0.15) is 5.56 Å². The molecular formula is C16H12F3NO. The van der Waals surface area contributed by atoms with Gasteiger partial charge in [-0.2, -0.15) is 0 Å². The van der Waals surface area contributed by atoms with E-state index in [2.05, 4.69) is 4.74 Å². The van der Waals surface area contributed by atoms with Crippen LogP contribution in [0, 0.1) is 0 Å². The van der Waals surface area contributed by atoms with Crippen molar-refractivity contribution < 1.29 is 17.9 Å². The standard InChI is InChI=1S/C16H12F3NO/c17-16(18,19)21-14-8-3-7-13(11-14)20-10-4-6-12-5-1-2-9-15(12)20/h1-5,7-11H,6H2. The van der Waals surface area contributed by atoms with Crippen LogP contribution in [0.3, 0.4) is 0 Å². The first-order valence-electron chi connectivity index (χ1n) is 6.42. The third kappa shape index (κ3) is 3.02. The van der Waals surface area contributed by atoms with Crippen molar-refractivity contribution in [1.82, 2.24) is 0 Å². The van der Waals surface area contributed by atoms with Gasteiger partial charge in [0.15, 0.2) is 0 Å². The molecule has 0 fully saturated rings. The third-order valence-corrected chi connectivity index (χ3v) is 3.17. The molecular weight excluding hydrogens is 279 g/mol. The maximum absolute atomic E-state index is 12.3. The van der Waals surface area contributed by atoms with Gasteiger partial charge in [0, 0.05) is 23.6 Å². The zero-order valence-electron chi connectivity index (χ0n) is 11.0. The molecule has 0 atom stereocenters. The fourth-order valence-electron chi connectivity index (χ4n) is 2.34. The molecule has 21 heavy (non-hydrogen) atoms. The zero-order valence-corrected chi connectivity index (χ0v) is 11.0. The molecule has 108 valence electrons. The largest absolute Gasteiger partial charge is 0.573 e. The van der Waals surface area contributed by atoms with Crippen LogP contribution < -0.4 is 9.64 Å². The molecule has 0 aliphatic carbocycles. The van der Waals surface area contributed by atoms with Gasteiger partial charge in [0.1, 0.15) is 5.75 Å². The number of fused-ring (bicyclic) bond motifs is 1. The second kappa shape index (κ2) is 5.16. The number of rotatable bonds is 2. The monoisotopic (exact) mass is 291 g/mol. The smallest absolute Gasteiger partial charge is 0.406 e. The SMILES string of the molecule is FC(F)(F)Oc1cccc(N2C=CCc3ccccc32)c1. The molecule has 0 radical (unpaired) electrons. The highest BCUT2D eigenvalue weighted by molar-refractivity contribution is 5.71. The Morgan fingerprint density at radius 1 is 1.00 bits per heavy atom. The molecule has 2 aromatic rings. The lowest BCUT2D eigenvalue weighted by Gasteiger charge is -2.26. The molecule has 0 amide bonds. The van der Waals surface area contributed by atoms with Crippen molar-refractivity contribution in [1.29, 1.82) is 0 Å². The summed E-state index contributed by atoms with van der Waals surface area (Å²) in [5, 5.41) is 0. The summed E-state index contributed by atoms with van der Waals surface area (Å²) in [6.07, 6.45) is -0.0473. The minimum Gasteiger partial charge on any atom is -0.406 e. The molecule has 1 aliphatic heterocycles. The van der Waals surface area contributed by atoms with Crippen molar-refractivity contribution in [3.63, 3.8) is 0 Å². The van der Waals surface area contributed by atoms with Crippen LogP contribution in [0.15, 0.2) is 60.8 Å². The van der Waals surface area contributed by atoms with Crippen LogP contribution in [0.2, 0.25) is 0 Å². The van der Waals surface area contributed by atoms with E-state index in [0.29, 0.717) is 5.69 Å². The van der Waals surface area contributed by atoms with Crippen LogP contribution in [0.4, 0.5) is 24.5 Å². The van der Waals surface area contributed by atoms with E-state index >= 15 is 0 Å². The first-order valence-corrected chi connectivity index (χ1v) is 6.42. The predicted molar refractivity (Wildman–Crippen MR) is 74.6 cm³/mol. The second-order valence-corrected chi connectivity index (χ2v) is 4.63. The van der Waals surface area contributed by atoms with Gasteiger partial charge in [0.2, 0.25) is 0 Å². The lowest BCUT2D eigenvalue weighted by molar-refractivity contribution is -0.274. The molecule has 0 saturated heterocycles. The number of allylic oxidation sites excluding steroid dienone is 1. The summed E-state index contributed by atoms with van der Waals surface area (Å²) in [5.41, 5.74) is 2.71. The number of ether oxygens (including phenoxy) is 1. The van der Waals surface area contributed by atoms with Gasteiger partial charge in [0.25, 0.3) is 0 Å². The molecule has 0 saturated carbocycles. The quantitative estimate of drug-likeness (QED) is 0.788. The van der Waals surface area contributed by atoms with Crippen LogP contribution >= 0.6 is 0 Å². The van der Waals surface area contributed by atoms with Crippen molar-refractivity contribution in [3.05, 3.63) is 66.4 Å². The van der Waals surface area contributed by atoms with Crippen LogP contribution in [0.5, 0.6) is 5.75 Å². The van der Waals surface area contributed by atoms with Crippen molar-refractivity contribution >= 4 is 11.4 Å². The number of hydrogen-bond donors (Lipinski definition) is 0. The molecule has 2 aromatic carbocycles. The predicted octanol–water partition coefficient (Wildman–Crippen LogP) is 4.79. The molecule has 0 aromatic heterocycles. The van der Waals surface area contributed by atoms with E-state index < -0.39 is 6.36 Å². The van der Waals surface area contributed by atoms with Gasteiger partial charge < -0.3 is 9.64 Å². The minimum absolute atomic E-state index is 0.226. The molecule has 1 aliphatic rings. The van der Waals surface area contributed by atoms with Gasteiger partial charge in [0.05, 0.1) is 0 Å². The fraction of sp³-hybridized carbons (Fsp3) is 0.125. The number of hydrogen-bond acceptors (Lipinski definition) is 2. The van der Waals surface area contributed by atoms with E-state index in [0.717, 1.165) is 17.7 Å². The van der Waals surface area contributed by atoms with E-state index in [4.69, 9.17) is 0 Å². The van der Waals surface area contributed by atoms with Crippen molar-refractivity contribution in [2.75, 3.05) is 4.90 Å². The van der Waals surface area contributed by atoms with Crippen molar-refractivity contribution in [3.8, 4) is 5.75 Å². The molecule has 2 nitrogen and oxygen atoms in total. The van der Waals surface area contributed by atoms with E-state index in [-0.39, 0.29) is 5.75 Å². The normalized spacial score (nSPS) is 14.0. The molecule has 0 N–H and O–H groups in total. The lowest BCUT2D eigenvalue weighted by atomic mass is 10.1. The fourth-order valence-corrected chi connectivity index (χ4v) is 2.34. The Morgan fingerprint density at radius 3 is 2.62 bits per heavy atom. The van der Waals surface area contributed by atoms with E-state index in [1.807, 2.05) is 41.4 Å². The van der Waals surface area contributed by atoms with Gasteiger partial charge in [-0.05, 0) is 30.2 Å². The number of alkyl halides is 3. The van der Waals surface area contributed by atoms with E-state index in [1.165, 1.54) is 12.1 Å². The number of nitrogens with zero attached hydrogens (tertiary/aromatic N) is 1. The Bertz CT molecular complexity index is 679. The maximum atomic E-state index is 12.3. The average molecular weight is 291 g/mol. The van der Waals surface area contributed by atoms with E-state index in [9.17, 15) is 13.2 Å². The number of benzene rings is 2. The number of para-hydroxylation sites is 1. The summed E-state index contributed by atoms with van der Waals surface area (Å²) in [4.78, 5) is 1.85. The van der Waals surface area contributed by atoms with E-state index in [1.54, 1.807) is 12.1 Å². The lowest BCUT2D eigenvalue weighted by Crippen LogP contribution is -2.18. The summed E-state index contributed by atoms with van der Waals surface area (Å²) in [7, 11) is 0. The molecule has 3 rings (SSSR count). The topological polar surface area (TPSA) is 12.5 Å². The summed E-state index contributed by atoms with van der Waals surface area (Å²) in [6, 6.07) is 13.7. The number of halogens is 3. The summed E-state index contributed by atoms with van der Waals surface area (Å²) in [6.45, 7) is 0. The first kappa shape index (κ1) is 13.5. The summed E-state index contributed by atoms with van der Waals surface area (Å²) >= 11 is 0. The minimum atomic E-state index is -4.69. The first-order chi connectivity index (χ1) is 10.0. The molecule has 0 unspecified atom stereocenters. The molecule has 5 heteroatoms. The highest BCUT2D eigenvalue weighted by atomic mass is 19.4. The molecule has 0 bridgehead atoms. The third-order valence-electron chi connectivity index (χ3n) is 3.17. The highest BCUT2D eigenvalue weighted by Gasteiger charge is 2.31. The van der Waals surface area contributed by atoms with Crippen molar-refractivity contribution in [2.24, 2.45) is 0 Å². The molecule has 1 heterocycles. The Kier molecular flexibility index (Phi) is 3.33. The Labute approximate surface area is 120 Å². The average Bonchev–Trinajstić information content (AvgIpc) is 2.45. The van der Waals surface area contributed by atoms with Gasteiger partial charge >= 0.3 is 6.36 Å². The van der Waals surface area contributed by atoms with Crippen LogP contribution in [-0.4, -0.2) is 6.36 Å². The maximum Gasteiger partial charge on any atom is 0.573 e. The summed E-state index contributed by atoms with van der Waals surface area (Å²) in [5.74, 6) is -0.226. The van der Waals surface area contributed by atoms with Gasteiger partial charge in [-0.3, -0.25) is 0 Å². The van der Waals surface area contributed by atoms with Gasteiger partial charge in [-0.15, -0.1) is 13.2 Å². The Hall–Kier alpha value is -2.43. The van der Waals surface area contributed by atoms with Crippen LogP contribution in [-0.2, 0) is 6.42 Å². The Balaban J connectivity index is 1.96. The van der Waals surface area contributed by atoms with Crippen molar-refractivity contribution in [2.45, 2.75) is 12.8 Å². The highest BCUT2D eigenvalue weighted by Crippen LogP contribution is 2.34. The van der Waals surface area contributed by atoms with Gasteiger partial charge in [-0.25, -0.2) is 0 Å². The summed E-state index contributed by atoms with van der Waals surface area (Å²) < 4.78 is 40.9. The van der Waals surface area contributed by atoms with Crippen LogP contribution in [0.25, 0.3) is 0 Å². The number of anilines is 2.